The van der Waals surface area contributed by atoms with Gasteiger partial charge in [-0.1, -0.05) is 35.7 Å². The van der Waals surface area contributed by atoms with E-state index in [-0.39, 0.29) is 12.1 Å². The molecule has 1 saturated heterocycles. The molecule has 2 heterocycles. The Balaban J connectivity index is 1.65. The number of ether oxygens (including phenoxy) is 2. The lowest BCUT2D eigenvalue weighted by molar-refractivity contribution is -0.0381. The smallest absolute Gasteiger partial charge is 0.148 e. The minimum atomic E-state index is 0.173. The van der Waals surface area contributed by atoms with Crippen molar-refractivity contribution in [1.29, 1.82) is 0 Å². The maximum atomic E-state index is 6.21. The molecule has 0 unspecified atom stereocenters. The van der Waals surface area contributed by atoms with E-state index in [2.05, 4.69) is 48.5 Å². The first-order valence-corrected chi connectivity index (χ1v) is 8.91. The zero-order valence-electron chi connectivity index (χ0n) is 14.5. The Hall–Kier alpha value is -2.44. The summed E-state index contributed by atoms with van der Waals surface area (Å²) in [5.74, 6) is 3.75. The molecule has 0 spiro atoms. The van der Waals surface area contributed by atoms with Crippen LogP contribution in [-0.2, 0) is 4.74 Å². The van der Waals surface area contributed by atoms with E-state index in [0.29, 0.717) is 12.5 Å². The van der Waals surface area contributed by atoms with Crippen molar-refractivity contribution in [2.75, 3.05) is 18.5 Å². The van der Waals surface area contributed by atoms with Gasteiger partial charge in [-0.2, -0.15) is 0 Å². The highest BCUT2D eigenvalue weighted by Crippen LogP contribution is 2.49. The summed E-state index contributed by atoms with van der Waals surface area (Å²) in [6, 6.07) is 15.1. The zero-order chi connectivity index (χ0) is 17.2. The Morgan fingerprint density at radius 2 is 2.08 bits per heavy atom. The SMILES string of the molecule is C#CCOc1ccc([C@H]2Nc3ccc(C)cc3[C@H]3OCCC[C@@H]23)cc1. The number of fused-ring (bicyclic) bond motifs is 3. The van der Waals surface area contributed by atoms with Crippen LogP contribution in [0.2, 0.25) is 0 Å². The Morgan fingerprint density at radius 1 is 1.24 bits per heavy atom. The molecular formula is C22H23NO2. The summed E-state index contributed by atoms with van der Waals surface area (Å²) >= 11 is 0. The van der Waals surface area contributed by atoms with Crippen LogP contribution in [0.5, 0.6) is 5.75 Å². The molecule has 3 atom stereocenters. The van der Waals surface area contributed by atoms with E-state index in [9.17, 15) is 0 Å². The summed E-state index contributed by atoms with van der Waals surface area (Å²) in [4.78, 5) is 0. The molecule has 0 amide bonds. The first-order chi connectivity index (χ1) is 12.3. The van der Waals surface area contributed by atoms with E-state index < -0.39 is 0 Å². The second-order valence-electron chi connectivity index (χ2n) is 6.87. The number of aryl methyl sites for hydroxylation is 1. The van der Waals surface area contributed by atoms with Gasteiger partial charge in [0.05, 0.1) is 12.1 Å². The largest absolute Gasteiger partial charge is 0.481 e. The molecule has 3 heteroatoms. The highest BCUT2D eigenvalue weighted by molar-refractivity contribution is 5.58. The van der Waals surface area contributed by atoms with Crippen molar-refractivity contribution in [3.63, 3.8) is 0 Å². The van der Waals surface area contributed by atoms with Crippen molar-refractivity contribution in [2.45, 2.75) is 31.9 Å². The molecule has 2 aromatic carbocycles. The third-order valence-corrected chi connectivity index (χ3v) is 5.18. The lowest BCUT2D eigenvalue weighted by Crippen LogP contribution is -2.36. The van der Waals surface area contributed by atoms with Gasteiger partial charge in [0.2, 0.25) is 0 Å². The minimum absolute atomic E-state index is 0.173. The zero-order valence-corrected chi connectivity index (χ0v) is 14.5. The van der Waals surface area contributed by atoms with Crippen molar-refractivity contribution in [3.8, 4) is 18.1 Å². The van der Waals surface area contributed by atoms with Gasteiger partial charge in [0.15, 0.2) is 0 Å². The van der Waals surface area contributed by atoms with Gasteiger partial charge in [0, 0.05) is 23.8 Å². The summed E-state index contributed by atoms with van der Waals surface area (Å²) < 4.78 is 11.7. The second-order valence-corrected chi connectivity index (χ2v) is 6.87. The van der Waals surface area contributed by atoms with Crippen molar-refractivity contribution < 1.29 is 9.47 Å². The van der Waals surface area contributed by atoms with Gasteiger partial charge in [-0.15, -0.1) is 6.42 Å². The third kappa shape index (κ3) is 3.10. The van der Waals surface area contributed by atoms with Crippen molar-refractivity contribution in [1.82, 2.24) is 0 Å². The van der Waals surface area contributed by atoms with Crippen LogP contribution in [0.3, 0.4) is 0 Å². The number of anilines is 1. The molecular weight excluding hydrogens is 310 g/mol. The number of hydrogen-bond acceptors (Lipinski definition) is 3. The lowest BCUT2D eigenvalue weighted by atomic mass is 9.77. The second kappa shape index (κ2) is 6.82. The quantitative estimate of drug-likeness (QED) is 0.830. The molecule has 25 heavy (non-hydrogen) atoms. The summed E-state index contributed by atoms with van der Waals surface area (Å²) in [6.45, 7) is 3.28. The molecule has 2 aliphatic rings. The lowest BCUT2D eigenvalue weighted by Gasteiger charge is -2.43. The minimum Gasteiger partial charge on any atom is -0.481 e. The number of hydrogen-bond donors (Lipinski definition) is 1. The van der Waals surface area contributed by atoms with E-state index in [0.717, 1.165) is 18.8 Å². The van der Waals surface area contributed by atoms with Gasteiger partial charge in [-0.3, -0.25) is 0 Å². The number of rotatable bonds is 3. The number of benzene rings is 2. The van der Waals surface area contributed by atoms with E-state index in [1.165, 1.54) is 28.8 Å². The molecule has 3 nitrogen and oxygen atoms in total. The molecule has 0 bridgehead atoms. The van der Waals surface area contributed by atoms with Gasteiger partial charge in [0.25, 0.3) is 0 Å². The van der Waals surface area contributed by atoms with Crippen LogP contribution in [-0.4, -0.2) is 13.2 Å². The highest BCUT2D eigenvalue weighted by atomic mass is 16.5. The summed E-state index contributed by atoms with van der Waals surface area (Å²) in [6.07, 6.45) is 7.71. The topological polar surface area (TPSA) is 30.5 Å². The average molecular weight is 333 g/mol. The molecule has 4 rings (SSSR count). The van der Waals surface area contributed by atoms with Gasteiger partial charge in [-0.25, -0.2) is 0 Å². The Labute approximate surface area is 149 Å². The van der Waals surface area contributed by atoms with Gasteiger partial charge in [0.1, 0.15) is 12.4 Å². The van der Waals surface area contributed by atoms with Crippen molar-refractivity contribution in [3.05, 3.63) is 59.2 Å². The fourth-order valence-electron chi connectivity index (χ4n) is 4.02. The molecule has 2 aromatic rings. The van der Waals surface area contributed by atoms with E-state index >= 15 is 0 Å². The van der Waals surface area contributed by atoms with E-state index in [1.54, 1.807) is 0 Å². The average Bonchev–Trinajstić information content (AvgIpc) is 2.66. The molecule has 0 saturated carbocycles. The maximum Gasteiger partial charge on any atom is 0.148 e. The van der Waals surface area contributed by atoms with Crippen LogP contribution in [0, 0.1) is 25.2 Å². The monoisotopic (exact) mass is 333 g/mol. The summed E-state index contributed by atoms with van der Waals surface area (Å²) in [5.41, 5.74) is 5.03. The normalized spacial score (nSPS) is 24.4. The van der Waals surface area contributed by atoms with E-state index in [1.807, 2.05) is 12.1 Å². The van der Waals surface area contributed by atoms with Crippen LogP contribution in [0.15, 0.2) is 42.5 Å². The Morgan fingerprint density at radius 3 is 2.88 bits per heavy atom. The molecule has 0 aliphatic carbocycles. The molecule has 0 radical (unpaired) electrons. The molecule has 0 aromatic heterocycles. The summed E-state index contributed by atoms with van der Waals surface area (Å²) in [7, 11) is 0. The fraction of sp³-hybridized carbons (Fsp3) is 0.364. The van der Waals surface area contributed by atoms with Crippen LogP contribution in [0.1, 0.15) is 41.7 Å². The van der Waals surface area contributed by atoms with Gasteiger partial charge >= 0.3 is 0 Å². The number of nitrogens with one attached hydrogen (secondary N) is 1. The number of terminal acetylenes is 1. The molecule has 1 fully saturated rings. The van der Waals surface area contributed by atoms with Crippen LogP contribution < -0.4 is 10.1 Å². The predicted molar refractivity (Wildman–Crippen MR) is 99.7 cm³/mol. The first-order valence-electron chi connectivity index (χ1n) is 8.91. The van der Waals surface area contributed by atoms with Crippen LogP contribution >= 0.6 is 0 Å². The third-order valence-electron chi connectivity index (χ3n) is 5.18. The Kier molecular flexibility index (Phi) is 4.38. The van der Waals surface area contributed by atoms with Crippen molar-refractivity contribution >= 4 is 5.69 Å². The molecule has 1 N–H and O–H groups in total. The predicted octanol–water partition coefficient (Wildman–Crippen LogP) is 4.64. The molecule has 128 valence electrons. The molecule has 2 aliphatic heterocycles. The van der Waals surface area contributed by atoms with E-state index in [4.69, 9.17) is 15.9 Å². The van der Waals surface area contributed by atoms with Crippen molar-refractivity contribution in [2.24, 2.45) is 5.92 Å². The first kappa shape index (κ1) is 16.1. The van der Waals surface area contributed by atoms with Gasteiger partial charge < -0.3 is 14.8 Å². The van der Waals surface area contributed by atoms with Gasteiger partial charge in [-0.05, 0) is 43.5 Å². The Bertz CT molecular complexity index is 791. The maximum absolute atomic E-state index is 6.21. The standard InChI is InChI=1S/C22H23NO2/c1-3-12-24-17-9-7-16(8-10-17)21-18-5-4-13-25-22(18)19-14-15(2)6-11-20(19)23-21/h1,6-11,14,18,21-23H,4-5,12-13H2,2H3/t18-,21+,22-/m0/s1. The highest BCUT2D eigenvalue weighted by Gasteiger charge is 2.39. The fourth-order valence-corrected chi connectivity index (χ4v) is 4.02. The summed E-state index contributed by atoms with van der Waals surface area (Å²) in [5, 5.41) is 3.75. The van der Waals surface area contributed by atoms with Crippen LogP contribution in [0.4, 0.5) is 5.69 Å². The van der Waals surface area contributed by atoms with Crippen LogP contribution in [0.25, 0.3) is 0 Å².